The Morgan fingerprint density at radius 2 is 2.35 bits per heavy atom. The molecule has 1 aromatic rings. The first-order valence-corrected chi connectivity index (χ1v) is 6.76. The number of nitrogen functional groups attached to an aromatic ring is 1. The van der Waals surface area contributed by atoms with Crippen LogP contribution >= 0.6 is 0 Å². The van der Waals surface area contributed by atoms with E-state index in [1.807, 2.05) is 0 Å². The highest BCUT2D eigenvalue weighted by atomic mass is 19.1. The van der Waals surface area contributed by atoms with Crippen LogP contribution in [-0.4, -0.2) is 49.7 Å². The van der Waals surface area contributed by atoms with Crippen molar-refractivity contribution in [1.82, 2.24) is 10.2 Å². The summed E-state index contributed by atoms with van der Waals surface area (Å²) in [6.45, 7) is 5.85. The molecule has 0 aliphatic carbocycles. The minimum Gasteiger partial charge on any atom is -0.399 e. The van der Waals surface area contributed by atoms with Crippen molar-refractivity contribution in [2.45, 2.75) is 13.0 Å². The zero-order valence-electron chi connectivity index (χ0n) is 11.6. The van der Waals surface area contributed by atoms with Crippen molar-refractivity contribution in [1.29, 1.82) is 0 Å². The molecule has 5 nitrogen and oxygen atoms in total. The van der Waals surface area contributed by atoms with Crippen LogP contribution in [-0.2, 0) is 4.74 Å². The fraction of sp³-hybridized carbons (Fsp3) is 0.500. The molecule has 0 saturated carbocycles. The van der Waals surface area contributed by atoms with Crippen molar-refractivity contribution in [3.05, 3.63) is 29.6 Å². The van der Waals surface area contributed by atoms with E-state index in [1.54, 1.807) is 0 Å². The van der Waals surface area contributed by atoms with E-state index in [0.29, 0.717) is 13.2 Å². The number of anilines is 1. The van der Waals surface area contributed by atoms with Crippen LogP contribution in [0.1, 0.15) is 17.3 Å². The maximum Gasteiger partial charge on any atom is 0.251 e. The van der Waals surface area contributed by atoms with E-state index in [1.165, 1.54) is 18.2 Å². The third-order valence-electron chi connectivity index (χ3n) is 3.34. The number of benzene rings is 1. The summed E-state index contributed by atoms with van der Waals surface area (Å²) in [5, 5.41) is 2.75. The second-order valence-electron chi connectivity index (χ2n) is 4.87. The van der Waals surface area contributed by atoms with Gasteiger partial charge < -0.3 is 15.8 Å². The Labute approximate surface area is 117 Å². The summed E-state index contributed by atoms with van der Waals surface area (Å²) in [5.41, 5.74) is 5.99. The maximum atomic E-state index is 13.2. The lowest BCUT2D eigenvalue weighted by Gasteiger charge is -2.32. The molecule has 20 heavy (non-hydrogen) atoms. The molecule has 1 aromatic carbocycles. The van der Waals surface area contributed by atoms with Gasteiger partial charge in [0, 0.05) is 30.9 Å². The van der Waals surface area contributed by atoms with Gasteiger partial charge in [0.2, 0.25) is 0 Å². The third kappa shape index (κ3) is 3.91. The molecule has 1 amide bonds. The van der Waals surface area contributed by atoms with Crippen molar-refractivity contribution in [2.75, 3.05) is 38.5 Å². The average Bonchev–Trinajstić information content (AvgIpc) is 2.44. The molecule has 110 valence electrons. The molecule has 0 aromatic heterocycles. The number of carbonyl (C=O) groups excluding carboxylic acids is 1. The van der Waals surface area contributed by atoms with Crippen LogP contribution in [0.3, 0.4) is 0 Å². The van der Waals surface area contributed by atoms with E-state index >= 15 is 0 Å². The number of nitrogens with zero attached hydrogens (tertiary/aromatic N) is 1. The molecule has 0 bridgehead atoms. The number of nitrogens with one attached hydrogen (secondary N) is 1. The molecule has 6 heteroatoms. The molecule has 3 N–H and O–H groups in total. The Bertz CT molecular complexity index is 461. The fourth-order valence-electron chi connectivity index (χ4n) is 2.24. The lowest BCUT2D eigenvalue weighted by atomic mass is 10.1. The molecule has 1 heterocycles. The van der Waals surface area contributed by atoms with Crippen molar-refractivity contribution in [2.24, 2.45) is 0 Å². The SMILES string of the molecule is CCN1CCOC(CNC(=O)c2cc(N)cc(F)c2)C1. The summed E-state index contributed by atoms with van der Waals surface area (Å²) in [5.74, 6) is -0.852. The maximum absolute atomic E-state index is 13.2. The van der Waals surface area contributed by atoms with E-state index in [-0.39, 0.29) is 23.3 Å². The van der Waals surface area contributed by atoms with Gasteiger partial charge in [0.05, 0.1) is 12.7 Å². The van der Waals surface area contributed by atoms with E-state index < -0.39 is 5.82 Å². The average molecular weight is 281 g/mol. The summed E-state index contributed by atoms with van der Waals surface area (Å²) in [6, 6.07) is 3.81. The zero-order chi connectivity index (χ0) is 14.5. The molecule has 0 radical (unpaired) electrons. The molecule has 1 aliphatic heterocycles. The number of amides is 1. The second-order valence-corrected chi connectivity index (χ2v) is 4.87. The number of rotatable bonds is 4. The van der Waals surface area contributed by atoms with Gasteiger partial charge in [-0.05, 0) is 24.7 Å². The Morgan fingerprint density at radius 1 is 1.55 bits per heavy atom. The predicted molar refractivity (Wildman–Crippen MR) is 75.0 cm³/mol. The standard InChI is InChI=1S/C14H20FN3O2/c1-2-18-3-4-20-13(9-18)8-17-14(19)10-5-11(15)7-12(16)6-10/h5-7,13H,2-4,8-9,16H2,1H3,(H,17,19). The van der Waals surface area contributed by atoms with E-state index in [2.05, 4.69) is 17.1 Å². The second kappa shape index (κ2) is 6.67. The Hall–Kier alpha value is -1.66. The van der Waals surface area contributed by atoms with Crippen LogP contribution in [0.4, 0.5) is 10.1 Å². The largest absolute Gasteiger partial charge is 0.399 e. The first-order chi connectivity index (χ1) is 9.58. The minimum atomic E-state index is -0.513. The molecule has 1 aliphatic rings. The van der Waals surface area contributed by atoms with Crippen molar-refractivity contribution in [3.63, 3.8) is 0 Å². The number of morpholine rings is 1. The smallest absolute Gasteiger partial charge is 0.251 e. The van der Waals surface area contributed by atoms with E-state index in [9.17, 15) is 9.18 Å². The lowest BCUT2D eigenvalue weighted by molar-refractivity contribution is -0.0246. The Balaban J connectivity index is 1.88. The van der Waals surface area contributed by atoms with Crippen molar-refractivity contribution < 1.29 is 13.9 Å². The first kappa shape index (κ1) is 14.7. The summed E-state index contributed by atoms with van der Waals surface area (Å²) < 4.78 is 18.8. The number of halogens is 1. The summed E-state index contributed by atoms with van der Waals surface area (Å²) in [4.78, 5) is 14.2. The number of carbonyl (C=O) groups is 1. The van der Waals surface area contributed by atoms with Gasteiger partial charge in [0.1, 0.15) is 5.82 Å². The van der Waals surface area contributed by atoms with Gasteiger partial charge in [-0.3, -0.25) is 9.69 Å². The van der Waals surface area contributed by atoms with Gasteiger partial charge in [-0.2, -0.15) is 0 Å². The van der Waals surface area contributed by atoms with Gasteiger partial charge in [0.15, 0.2) is 0 Å². The molecule has 1 unspecified atom stereocenters. The third-order valence-corrected chi connectivity index (χ3v) is 3.34. The molecule has 2 rings (SSSR count). The topological polar surface area (TPSA) is 67.6 Å². The van der Waals surface area contributed by atoms with E-state index in [4.69, 9.17) is 10.5 Å². The van der Waals surface area contributed by atoms with Gasteiger partial charge >= 0.3 is 0 Å². The zero-order valence-corrected chi connectivity index (χ0v) is 11.6. The molecular formula is C14H20FN3O2. The number of hydrogen-bond donors (Lipinski definition) is 2. The molecule has 1 saturated heterocycles. The number of nitrogens with two attached hydrogens (primary N) is 1. The van der Waals surface area contributed by atoms with Crippen LogP contribution < -0.4 is 11.1 Å². The Kier molecular flexibility index (Phi) is 4.92. The van der Waals surface area contributed by atoms with Gasteiger partial charge in [-0.1, -0.05) is 6.92 Å². The number of likely N-dealkylation sites (N-methyl/N-ethyl adjacent to an activating group) is 1. The van der Waals surface area contributed by atoms with Gasteiger partial charge in [-0.15, -0.1) is 0 Å². The quantitative estimate of drug-likeness (QED) is 0.803. The lowest BCUT2D eigenvalue weighted by Crippen LogP contribution is -2.47. The number of ether oxygens (including phenoxy) is 1. The van der Waals surface area contributed by atoms with Crippen LogP contribution in [0.5, 0.6) is 0 Å². The predicted octanol–water partition coefficient (Wildman–Crippen LogP) is 0.858. The molecule has 0 spiro atoms. The Morgan fingerprint density at radius 3 is 3.05 bits per heavy atom. The first-order valence-electron chi connectivity index (χ1n) is 6.76. The minimum absolute atomic E-state index is 0.0291. The van der Waals surface area contributed by atoms with Crippen LogP contribution in [0.15, 0.2) is 18.2 Å². The molecule has 1 atom stereocenters. The van der Waals surface area contributed by atoms with Gasteiger partial charge in [0.25, 0.3) is 5.91 Å². The number of hydrogen-bond acceptors (Lipinski definition) is 4. The molecule has 1 fully saturated rings. The highest BCUT2D eigenvalue weighted by Gasteiger charge is 2.20. The van der Waals surface area contributed by atoms with Crippen LogP contribution in [0.25, 0.3) is 0 Å². The van der Waals surface area contributed by atoms with Gasteiger partial charge in [-0.25, -0.2) is 4.39 Å². The highest BCUT2D eigenvalue weighted by molar-refractivity contribution is 5.95. The summed E-state index contributed by atoms with van der Waals surface area (Å²) >= 11 is 0. The fourth-order valence-corrected chi connectivity index (χ4v) is 2.24. The molecular weight excluding hydrogens is 261 g/mol. The van der Waals surface area contributed by atoms with Crippen molar-refractivity contribution in [3.8, 4) is 0 Å². The monoisotopic (exact) mass is 281 g/mol. The normalized spacial score (nSPS) is 19.8. The van der Waals surface area contributed by atoms with Crippen molar-refractivity contribution >= 4 is 11.6 Å². The summed E-state index contributed by atoms with van der Waals surface area (Å²) in [7, 11) is 0. The highest BCUT2D eigenvalue weighted by Crippen LogP contribution is 2.11. The van der Waals surface area contributed by atoms with Crippen LogP contribution in [0, 0.1) is 5.82 Å². The van der Waals surface area contributed by atoms with E-state index in [0.717, 1.165) is 19.6 Å². The van der Waals surface area contributed by atoms with Crippen LogP contribution in [0.2, 0.25) is 0 Å². The summed E-state index contributed by atoms with van der Waals surface area (Å²) in [6.07, 6.45) is -0.0291.